The molecule has 2 aromatic rings. The number of hydrogen-bond donors (Lipinski definition) is 2. The summed E-state index contributed by atoms with van der Waals surface area (Å²) in [7, 11) is -1.58. The predicted octanol–water partition coefficient (Wildman–Crippen LogP) is 1.69. The molecule has 2 N–H and O–H groups in total. The van der Waals surface area contributed by atoms with E-state index in [0.29, 0.717) is 4.21 Å². The Morgan fingerprint density at radius 2 is 2.05 bits per heavy atom. The second-order valence-electron chi connectivity index (χ2n) is 4.71. The molecular weight excluding hydrogens is 306 g/mol. The van der Waals surface area contributed by atoms with Crippen molar-refractivity contribution in [2.24, 2.45) is 0 Å². The molecule has 0 aromatic carbocycles. The van der Waals surface area contributed by atoms with Crippen LogP contribution in [0.2, 0.25) is 0 Å². The van der Waals surface area contributed by atoms with Gasteiger partial charge in [0.15, 0.2) is 0 Å². The van der Waals surface area contributed by atoms with Gasteiger partial charge in [0.05, 0.1) is 0 Å². The zero-order chi connectivity index (χ0) is 15.3. The molecule has 0 spiro atoms. The van der Waals surface area contributed by atoms with Gasteiger partial charge in [0, 0.05) is 23.3 Å². The van der Waals surface area contributed by atoms with Crippen molar-refractivity contribution in [1.29, 1.82) is 0 Å². The summed E-state index contributed by atoms with van der Waals surface area (Å²) >= 11 is 1.31. The van der Waals surface area contributed by atoms with Crippen molar-refractivity contribution in [1.82, 2.24) is 15.0 Å². The molecule has 2 aromatic heterocycles. The Bertz CT molecular complexity index is 678. The van der Waals surface area contributed by atoms with Crippen LogP contribution in [0, 0.1) is 6.92 Å². The summed E-state index contributed by atoms with van der Waals surface area (Å²) in [4.78, 5) is 5.21. The number of aryl methyl sites for hydroxylation is 1. The van der Waals surface area contributed by atoms with Crippen molar-refractivity contribution in [3.8, 4) is 0 Å². The molecule has 0 aliphatic carbocycles. The highest BCUT2D eigenvalue weighted by Gasteiger charge is 2.16. The number of rotatable bonds is 7. The van der Waals surface area contributed by atoms with E-state index < -0.39 is 10.0 Å². The molecule has 0 bridgehead atoms. The molecule has 2 rings (SSSR count). The summed E-state index contributed by atoms with van der Waals surface area (Å²) in [5, 5.41) is 3.05. The standard InChI is InChI=1S/C14H19N3O2S2/c1-11-3-4-12(9-16-11)10-17-21(18,19)14-6-5-13(20-14)7-8-15-2/h3-6,9,15,17H,7-8,10H2,1-2H3. The van der Waals surface area contributed by atoms with Crippen LogP contribution in [0.3, 0.4) is 0 Å². The van der Waals surface area contributed by atoms with Crippen LogP contribution in [-0.4, -0.2) is 27.0 Å². The number of thiophene rings is 1. The SMILES string of the molecule is CNCCc1ccc(S(=O)(=O)NCc2ccc(C)nc2)s1. The number of pyridine rings is 1. The maximum absolute atomic E-state index is 12.2. The van der Waals surface area contributed by atoms with Gasteiger partial charge in [0.25, 0.3) is 0 Å². The third-order valence-corrected chi connectivity index (χ3v) is 6.00. The minimum atomic E-state index is -3.45. The fourth-order valence-corrected chi connectivity index (χ4v) is 4.16. The van der Waals surface area contributed by atoms with Gasteiger partial charge in [-0.05, 0) is 50.7 Å². The van der Waals surface area contributed by atoms with Gasteiger partial charge in [-0.2, -0.15) is 0 Å². The zero-order valence-corrected chi connectivity index (χ0v) is 13.7. The molecule has 7 heteroatoms. The summed E-state index contributed by atoms with van der Waals surface area (Å²) < 4.78 is 27.4. The normalized spacial score (nSPS) is 11.7. The molecule has 21 heavy (non-hydrogen) atoms. The molecule has 0 aliphatic rings. The Morgan fingerprint density at radius 3 is 2.71 bits per heavy atom. The minimum Gasteiger partial charge on any atom is -0.319 e. The van der Waals surface area contributed by atoms with Crippen molar-refractivity contribution in [3.63, 3.8) is 0 Å². The molecule has 0 amide bonds. The van der Waals surface area contributed by atoms with E-state index in [9.17, 15) is 8.42 Å². The Hall–Kier alpha value is -1.28. The second-order valence-corrected chi connectivity index (χ2v) is 7.87. The Balaban J connectivity index is 2.00. The molecule has 0 atom stereocenters. The lowest BCUT2D eigenvalue weighted by molar-refractivity contribution is 0.583. The molecule has 5 nitrogen and oxygen atoms in total. The average Bonchev–Trinajstić information content (AvgIpc) is 2.94. The summed E-state index contributed by atoms with van der Waals surface area (Å²) in [5.74, 6) is 0. The van der Waals surface area contributed by atoms with Crippen LogP contribution in [0.15, 0.2) is 34.7 Å². The molecule has 2 heterocycles. The van der Waals surface area contributed by atoms with Crippen molar-refractivity contribution >= 4 is 21.4 Å². The minimum absolute atomic E-state index is 0.249. The van der Waals surface area contributed by atoms with Crippen LogP contribution in [0.1, 0.15) is 16.1 Å². The Morgan fingerprint density at radius 1 is 1.24 bits per heavy atom. The van der Waals surface area contributed by atoms with Crippen LogP contribution >= 0.6 is 11.3 Å². The first kappa shape index (κ1) is 16.1. The monoisotopic (exact) mass is 325 g/mol. The first-order chi connectivity index (χ1) is 10.0. The first-order valence-electron chi connectivity index (χ1n) is 6.66. The lowest BCUT2D eigenvalue weighted by atomic mass is 10.2. The number of likely N-dealkylation sites (N-methyl/N-ethyl adjacent to an activating group) is 1. The topological polar surface area (TPSA) is 71.1 Å². The van der Waals surface area contributed by atoms with Gasteiger partial charge in [-0.1, -0.05) is 6.07 Å². The second kappa shape index (κ2) is 7.13. The van der Waals surface area contributed by atoms with E-state index >= 15 is 0 Å². The number of sulfonamides is 1. The largest absolute Gasteiger partial charge is 0.319 e. The molecule has 0 unspecified atom stereocenters. The van der Waals surface area contributed by atoms with E-state index in [-0.39, 0.29) is 6.54 Å². The predicted molar refractivity (Wildman–Crippen MR) is 84.9 cm³/mol. The van der Waals surface area contributed by atoms with Crippen LogP contribution in [0.4, 0.5) is 0 Å². The molecule has 0 aliphatic heterocycles. The summed E-state index contributed by atoms with van der Waals surface area (Å²) in [6, 6.07) is 7.26. The Kier molecular flexibility index (Phi) is 5.46. The van der Waals surface area contributed by atoms with E-state index in [1.54, 1.807) is 12.3 Å². The number of nitrogens with zero attached hydrogens (tertiary/aromatic N) is 1. The summed E-state index contributed by atoms with van der Waals surface area (Å²) in [5.41, 5.74) is 1.75. The maximum Gasteiger partial charge on any atom is 0.250 e. The van der Waals surface area contributed by atoms with Crippen LogP contribution in [0.5, 0.6) is 0 Å². The third-order valence-electron chi connectivity index (χ3n) is 2.96. The Labute approximate surface area is 129 Å². The molecule has 0 saturated carbocycles. The van der Waals surface area contributed by atoms with Gasteiger partial charge in [0.2, 0.25) is 10.0 Å². The van der Waals surface area contributed by atoms with E-state index in [1.807, 2.05) is 32.2 Å². The van der Waals surface area contributed by atoms with E-state index in [1.165, 1.54) is 11.3 Å². The number of nitrogens with one attached hydrogen (secondary N) is 2. The lowest BCUT2D eigenvalue weighted by Gasteiger charge is -2.05. The van der Waals surface area contributed by atoms with E-state index in [2.05, 4.69) is 15.0 Å². The van der Waals surface area contributed by atoms with Crippen molar-refractivity contribution in [3.05, 3.63) is 46.6 Å². The van der Waals surface area contributed by atoms with E-state index in [0.717, 1.165) is 29.1 Å². The van der Waals surface area contributed by atoms with Crippen molar-refractivity contribution in [2.75, 3.05) is 13.6 Å². The summed E-state index contributed by atoms with van der Waals surface area (Å²) in [6.07, 6.45) is 2.52. The lowest BCUT2D eigenvalue weighted by Crippen LogP contribution is -2.22. The van der Waals surface area contributed by atoms with Crippen molar-refractivity contribution in [2.45, 2.75) is 24.1 Å². The fraction of sp³-hybridized carbons (Fsp3) is 0.357. The van der Waals surface area contributed by atoms with Gasteiger partial charge >= 0.3 is 0 Å². The van der Waals surface area contributed by atoms with Gasteiger partial charge in [-0.3, -0.25) is 4.98 Å². The highest BCUT2D eigenvalue weighted by atomic mass is 32.2. The average molecular weight is 325 g/mol. The molecule has 0 radical (unpaired) electrons. The molecule has 0 fully saturated rings. The fourth-order valence-electron chi connectivity index (χ4n) is 1.74. The first-order valence-corrected chi connectivity index (χ1v) is 8.96. The number of hydrogen-bond acceptors (Lipinski definition) is 5. The summed E-state index contributed by atoms with van der Waals surface area (Å²) in [6.45, 7) is 2.98. The molecule has 0 saturated heterocycles. The van der Waals surface area contributed by atoms with Gasteiger partial charge in [-0.25, -0.2) is 13.1 Å². The highest BCUT2D eigenvalue weighted by molar-refractivity contribution is 7.91. The van der Waals surface area contributed by atoms with Crippen LogP contribution in [-0.2, 0) is 23.0 Å². The van der Waals surface area contributed by atoms with Crippen molar-refractivity contribution < 1.29 is 8.42 Å². The maximum atomic E-state index is 12.2. The number of aromatic nitrogens is 1. The molecule has 114 valence electrons. The van der Waals surface area contributed by atoms with Crippen LogP contribution < -0.4 is 10.0 Å². The van der Waals surface area contributed by atoms with E-state index in [4.69, 9.17) is 0 Å². The van der Waals surface area contributed by atoms with Gasteiger partial charge in [-0.15, -0.1) is 11.3 Å². The van der Waals surface area contributed by atoms with Crippen LogP contribution in [0.25, 0.3) is 0 Å². The molecular formula is C14H19N3O2S2. The van der Waals surface area contributed by atoms with Gasteiger partial charge < -0.3 is 5.32 Å². The third kappa shape index (κ3) is 4.60. The smallest absolute Gasteiger partial charge is 0.250 e. The van der Waals surface area contributed by atoms with Gasteiger partial charge in [0.1, 0.15) is 4.21 Å². The zero-order valence-electron chi connectivity index (χ0n) is 12.1. The highest BCUT2D eigenvalue weighted by Crippen LogP contribution is 2.21. The quantitative estimate of drug-likeness (QED) is 0.813.